The second kappa shape index (κ2) is 5.42. The van der Waals surface area contributed by atoms with Crippen LogP contribution in [0.25, 0.3) is 5.69 Å². The highest BCUT2D eigenvalue weighted by Crippen LogP contribution is 2.06. The molecule has 0 bridgehead atoms. The van der Waals surface area contributed by atoms with Crippen molar-refractivity contribution in [2.45, 2.75) is 19.9 Å². The molecule has 0 saturated carbocycles. The van der Waals surface area contributed by atoms with Crippen molar-refractivity contribution >= 4 is 0 Å². The topological polar surface area (TPSA) is 42.7 Å². The van der Waals surface area contributed by atoms with E-state index in [9.17, 15) is 0 Å². The average molecular weight is 216 g/mol. The van der Waals surface area contributed by atoms with Crippen LogP contribution in [-0.4, -0.2) is 21.3 Å². The number of pyridine rings is 1. The van der Waals surface area contributed by atoms with E-state index in [4.69, 9.17) is 0 Å². The molecule has 84 valence electrons. The second-order valence-electron chi connectivity index (χ2n) is 3.63. The summed E-state index contributed by atoms with van der Waals surface area (Å²) in [5, 5.41) is 7.52. The van der Waals surface area contributed by atoms with Crippen molar-refractivity contribution in [3.8, 4) is 5.69 Å². The van der Waals surface area contributed by atoms with E-state index in [0.717, 1.165) is 30.9 Å². The predicted molar refractivity (Wildman–Crippen MR) is 63.4 cm³/mol. The summed E-state index contributed by atoms with van der Waals surface area (Å²) in [5.74, 6) is 0. The summed E-state index contributed by atoms with van der Waals surface area (Å²) in [6.07, 6.45) is 6.66. The van der Waals surface area contributed by atoms with Crippen molar-refractivity contribution in [2.75, 3.05) is 6.54 Å². The van der Waals surface area contributed by atoms with Crippen molar-refractivity contribution in [1.29, 1.82) is 0 Å². The first-order valence-electron chi connectivity index (χ1n) is 5.56. The van der Waals surface area contributed by atoms with Gasteiger partial charge in [0.15, 0.2) is 0 Å². The lowest BCUT2D eigenvalue weighted by atomic mass is 10.3. The highest BCUT2D eigenvalue weighted by Gasteiger charge is 1.99. The van der Waals surface area contributed by atoms with E-state index in [1.54, 1.807) is 6.20 Å². The van der Waals surface area contributed by atoms with Crippen molar-refractivity contribution in [2.24, 2.45) is 0 Å². The predicted octanol–water partition coefficient (Wildman–Crippen LogP) is 1.77. The maximum atomic E-state index is 4.32. The van der Waals surface area contributed by atoms with Gasteiger partial charge in [0.05, 0.1) is 11.4 Å². The van der Waals surface area contributed by atoms with Gasteiger partial charge in [-0.1, -0.05) is 6.92 Å². The molecule has 0 fully saturated rings. The molecule has 2 heterocycles. The minimum absolute atomic E-state index is 0.808. The lowest BCUT2D eigenvalue weighted by molar-refractivity contribution is 0.663. The summed E-state index contributed by atoms with van der Waals surface area (Å²) >= 11 is 0. The van der Waals surface area contributed by atoms with Crippen LogP contribution in [0.5, 0.6) is 0 Å². The molecule has 2 aromatic rings. The molecule has 0 aliphatic rings. The molecular formula is C12H16N4. The Bertz CT molecular complexity index is 422. The van der Waals surface area contributed by atoms with Gasteiger partial charge in [-0.25, -0.2) is 4.68 Å². The van der Waals surface area contributed by atoms with Crippen LogP contribution in [0, 0.1) is 0 Å². The highest BCUT2D eigenvalue weighted by atomic mass is 15.3. The van der Waals surface area contributed by atoms with Gasteiger partial charge in [-0.2, -0.15) is 5.10 Å². The third-order valence-corrected chi connectivity index (χ3v) is 2.30. The van der Waals surface area contributed by atoms with Crippen LogP contribution in [0.4, 0.5) is 0 Å². The van der Waals surface area contributed by atoms with Gasteiger partial charge in [0, 0.05) is 25.1 Å². The summed E-state index contributed by atoms with van der Waals surface area (Å²) in [6.45, 7) is 3.98. The molecule has 0 amide bonds. The van der Waals surface area contributed by atoms with E-state index in [2.05, 4.69) is 28.4 Å². The number of nitrogens with zero attached hydrogens (tertiary/aromatic N) is 3. The number of hydrogen-bond acceptors (Lipinski definition) is 3. The van der Waals surface area contributed by atoms with Crippen LogP contribution in [0.1, 0.15) is 19.0 Å². The molecular weight excluding hydrogens is 200 g/mol. The summed E-state index contributed by atoms with van der Waals surface area (Å²) in [5.41, 5.74) is 2.09. The monoisotopic (exact) mass is 216 g/mol. The van der Waals surface area contributed by atoms with Gasteiger partial charge < -0.3 is 5.32 Å². The first-order valence-corrected chi connectivity index (χ1v) is 5.56. The van der Waals surface area contributed by atoms with E-state index < -0.39 is 0 Å². The molecule has 0 atom stereocenters. The molecule has 2 rings (SSSR count). The van der Waals surface area contributed by atoms with E-state index >= 15 is 0 Å². The molecule has 0 unspecified atom stereocenters. The van der Waals surface area contributed by atoms with Crippen LogP contribution in [0.2, 0.25) is 0 Å². The Morgan fingerprint density at radius 1 is 1.38 bits per heavy atom. The minimum atomic E-state index is 0.808. The average Bonchev–Trinajstić information content (AvgIpc) is 2.83. The summed E-state index contributed by atoms with van der Waals surface area (Å²) in [7, 11) is 0. The van der Waals surface area contributed by atoms with Gasteiger partial charge in [-0.15, -0.1) is 0 Å². The first-order chi connectivity index (χ1) is 7.90. The summed E-state index contributed by atoms with van der Waals surface area (Å²) < 4.78 is 1.84. The van der Waals surface area contributed by atoms with Gasteiger partial charge in [-0.05, 0) is 31.2 Å². The van der Waals surface area contributed by atoms with Crippen molar-refractivity contribution in [3.05, 3.63) is 42.5 Å². The molecule has 0 saturated heterocycles. The lowest BCUT2D eigenvalue weighted by Crippen LogP contribution is -2.15. The third kappa shape index (κ3) is 2.67. The van der Waals surface area contributed by atoms with E-state index in [-0.39, 0.29) is 0 Å². The lowest BCUT2D eigenvalue weighted by Gasteiger charge is -2.05. The molecule has 16 heavy (non-hydrogen) atoms. The molecule has 2 aromatic heterocycles. The molecule has 0 radical (unpaired) electrons. The Morgan fingerprint density at radius 2 is 2.31 bits per heavy atom. The zero-order valence-corrected chi connectivity index (χ0v) is 9.43. The Labute approximate surface area is 95.3 Å². The van der Waals surface area contributed by atoms with Gasteiger partial charge in [0.25, 0.3) is 0 Å². The first kappa shape index (κ1) is 10.8. The van der Waals surface area contributed by atoms with Crippen LogP contribution in [-0.2, 0) is 6.54 Å². The highest BCUT2D eigenvalue weighted by molar-refractivity contribution is 5.30. The largest absolute Gasteiger partial charge is 0.311 e. The summed E-state index contributed by atoms with van der Waals surface area (Å²) in [4.78, 5) is 4.32. The smallest absolute Gasteiger partial charge is 0.0679 e. The van der Waals surface area contributed by atoms with Gasteiger partial charge in [0.2, 0.25) is 0 Å². The summed E-state index contributed by atoms with van der Waals surface area (Å²) in [6, 6.07) is 5.92. The number of hydrogen-bond donors (Lipinski definition) is 1. The molecule has 0 aromatic carbocycles. The van der Waals surface area contributed by atoms with Crippen LogP contribution >= 0.6 is 0 Å². The van der Waals surface area contributed by atoms with Crippen molar-refractivity contribution < 1.29 is 0 Å². The van der Waals surface area contributed by atoms with Crippen molar-refractivity contribution in [1.82, 2.24) is 20.1 Å². The quantitative estimate of drug-likeness (QED) is 0.774. The van der Waals surface area contributed by atoms with Gasteiger partial charge in [0.1, 0.15) is 0 Å². The number of rotatable bonds is 5. The Kier molecular flexibility index (Phi) is 3.66. The van der Waals surface area contributed by atoms with Crippen LogP contribution < -0.4 is 5.32 Å². The number of nitrogens with one attached hydrogen (secondary N) is 1. The minimum Gasteiger partial charge on any atom is -0.311 e. The Hall–Kier alpha value is -1.68. The van der Waals surface area contributed by atoms with Crippen molar-refractivity contribution in [3.63, 3.8) is 0 Å². The second-order valence-corrected chi connectivity index (χ2v) is 3.63. The van der Waals surface area contributed by atoms with Gasteiger partial charge in [-0.3, -0.25) is 4.98 Å². The Balaban J connectivity index is 2.08. The fourth-order valence-corrected chi connectivity index (χ4v) is 1.52. The number of aromatic nitrogens is 3. The molecule has 0 aliphatic heterocycles. The zero-order chi connectivity index (χ0) is 11.2. The molecule has 4 heteroatoms. The normalized spacial score (nSPS) is 10.6. The molecule has 0 spiro atoms. The fourth-order valence-electron chi connectivity index (χ4n) is 1.52. The van der Waals surface area contributed by atoms with E-state index in [1.165, 1.54) is 0 Å². The fraction of sp³-hybridized carbons (Fsp3) is 0.333. The standard InChI is InChI=1S/C12H16N4/c1-2-5-13-10-11-9-12(4-7-14-11)16-8-3-6-15-16/h3-4,6-9,13H,2,5,10H2,1H3. The van der Waals surface area contributed by atoms with Crippen LogP contribution in [0.3, 0.4) is 0 Å². The van der Waals surface area contributed by atoms with Gasteiger partial charge >= 0.3 is 0 Å². The van der Waals surface area contributed by atoms with Crippen LogP contribution in [0.15, 0.2) is 36.8 Å². The SMILES string of the molecule is CCCNCc1cc(-n2cccn2)ccn1. The maximum Gasteiger partial charge on any atom is 0.0679 e. The maximum absolute atomic E-state index is 4.32. The van der Waals surface area contributed by atoms with E-state index in [0.29, 0.717) is 0 Å². The molecule has 0 aliphatic carbocycles. The third-order valence-electron chi connectivity index (χ3n) is 2.30. The Morgan fingerprint density at radius 3 is 3.06 bits per heavy atom. The van der Waals surface area contributed by atoms with E-state index in [1.807, 2.05) is 29.2 Å². The molecule has 4 nitrogen and oxygen atoms in total. The zero-order valence-electron chi connectivity index (χ0n) is 9.43. The molecule has 1 N–H and O–H groups in total.